The van der Waals surface area contributed by atoms with E-state index in [-0.39, 0.29) is 23.9 Å². The predicted octanol–water partition coefficient (Wildman–Crippen LogP) is 1.86. The Morgan fingerprint density at radius 3 is 2.79 bits per heavy atom. The van der Waals surface area contributed by atoms with Crippen LogP contribution in [0.4, 0.5) is 0 Å². The van der Waals surface area contributed by atoms with Crippen molar-refractivity contribution in [3.05, 3.63) is 12.2 Å². The van der Waals surface area contributed by atoms with Crippen molar-refractivity contribution in [3.63, 3.8) is 0 Å². The molecule has 2 amide bonds. The average molecular weight is 264 g/mol. The van der Waals surface area contributed by atoms with E-state index in [0.717, 1.165) is 25.7 Å². The van der Waals surface area contributed by atoms with Gasteiger partial charge in [-0.1, -0.05) is 26.0 Å². The second kappa shape index (κ2) is 6.22. The maximum absolute atomic E-state index is 12.6. The SMILES string of the molecule is CC(C)CC1NC(=O)CCN(C2CC=CCC2)C1=O. The van der Waals surface area contributed by atoms with E-state index < -0.39 is 0 Å². The second-order valence-corrected chi connectivity index (χ2v) is 5.97. The number of rotatable bonds is 3. The van der Waals surface area contributed by atoms with Gasteiger partial charge in [0.1, 0.15) is 6.04 Å². The van der Waals surface area contributed by atoms with Crippen molar-refractivity contribution in [2.75, 3.05) is 6.54 Å². The molecule has 2 unspecified atom stereocenters. The van der Waals surface area contributed by atoms with Crippen LogP contribution in [0.1, 0.15) is 46.0 Å². The second-order valence-electron chi connectivity index (χ2n) is 5.97. The molecule has 1 heterocycles. The van der Waals surface area contributed by atoms with E-state index in [1.165, 1.54) is 0 Å². The Labute approximate surface area is 115 Å². The van der Waals surface area contributed by atoms with Gasteiger partial charge in [-0.15, -0.1) is 0 Å². The monoisotopic (exact) mass is 264 g/mol. The zero-order chi connectivity index (χ0) is 13.8. The van der Waals surface area contributed by atoms with Gasteiger partial charge in [0.25, 0.3) is 0 Å². The number of carbonyl (C=O) groups is 2. The van der Waals surface area contributed by atoms with Crippen molar-refractivity contribution < 1.29 is 9.59 Å². The average Bonchev–Trinajstić information content (AvgIpc) is 2.51. The van der Waals surface area contributed by atoms with Gasteiger partial charge >= 0.3 is 0 Å². The molecule has 0 radical (unpaired) electrons. The summed E-state index contributed by atoms with van der Waals surface area (Å²) in [5, 5.41) is 2.88. The van der Waals surface area contributed by atoms with Crippen molar-refractivity contribution in [2.45, 2.75) is 58.0 Å². The van der Waals surface area contributed by atoms with Gasteiger partial charge in [-0.2, -0.15) is 0 Å². The van der Waals surface area contributed by atoms with Gasteiger partial charge < -0.3 is 10.2 Å². The first-order chi connectivity index (χ1) is 9.08. The predicted molar refractivity (Wildman–Crippen MR) is 74.5 cm³/mol. The summed E-state index contributed by atoms with van der Waals surface area (Å²) in [6.07, 6.45) is 8.46. The summed E-state index contributed by atoms with van der Waals surface area (Å²) >= 11 is 0. The first-order valence-corrected chi connectivity index (χ1v) is 7.32. The van der Waals surface area contributed by atoms with E-state index in [1.54, 1.807) is 0 Å². The largest absolute Gasteiger partial charge is 0.344 e. The summed E-state index contributed by atoms with van der Waals surface area (Å²) in [4.78, 5) is 26.3. The molecule has 106 valence electrons. The molecular formula is C15H24N2O2. The summed E-state index contributed by atoms with van der Waals surface area (Å²) in [7, 11) is 0. The summed E-state index contributed by atoms with van der Waals surface area (Å²) in [5.74, 6) is 0.521. The van der Waals surface area contributed by atoms with Gasteiger partial charge in [0.05, 0.1) is 0 Å². The Bertz CT molecular complexity index is 376. The van der Waals surface area contributed by atoms with Gasteiger partial charge in [0, 0.05) is 19.0 Å². The highest BCUT2D eigenvalue weighted by atomic mass is 16.2. The van der Waals surface area contributed by atoms with Crippen LogP contribution in [-0.4, -0.2) is 35.3 Å². The fourth-order valence-electron chi connectivity index (χ4n) is 2.91. The fourth-order valence-corrected chi connectivity index (χ4v) is 2.91. The van der Waals surface area contributed by atoms with E-state index in [4.69, 9.17) is 0 Å². The molecule has 0 aromatic rings. The van der Waals surface area contributed by atoms with E-state index in [0.29, 0.717) is 18.9 Å². The number of nitrogens with zero attached hydrogens (tertiary/aromatic N) is 1. The van der Waals surface area contributed by atoms with Crippen LogP contribution in [0.2, 0.25) is 0 Å². The number of amides is 2. The van der Waals surface area contributed by atoms with Crippen molar-refractivity contribution in [1.82, 2.24) is 10.2 Å². The Balaban J connectivity index is 2.11. The quantitative estimate of drug-likeness (QED) is 0.791. The van der Waals surface area contributed by atoms with E-state index in [9.17, 15) is 9.59 Å². The molecule has 0 spiro atoms. The molecule has 0 aromatic heterocycles. The third-order valence-corrected chi connectivity index (χ3v) is 3.89. The van der Waals surface area contributed by atoms with Crippen LogP contribution in [0.5, 0.6) is 0 Å². The molecule has 2 aliphatic rings. The summed E-state index contributed by atoms with van der Waals surface area (Å²) in [6, 6.07) is -0.0548. The lowest BCUT2D eigenvalue weighted by Crippen LogP contribution is -2.49. The lowest BCUT2D eigenvalue weighted by molar-refractivity contribution is -0.136. The van der Waals surface area contributed by atoms with E-state index in [1.807, 2.05) is 4.90 Å². The third kappa shape index (κ3) is 3.58. The number of nitrogens with one attached hydrogen (secondary N) is 1. The minimum absolute atomic E-state index is 0.00727. The van der Waals surface area contributed by atoms with Crippen LogP contribution >= 0.6 is 0 Å². The maximum atomic E-state index is 12.6. The first-order valence-electron chi connectivity index (χ1n) is 7.32. The lowest BCUT2D eigenvalue weighted by atomic mass is 9.98. The highest BCUT2D eigenvalue weighted by Crippen LogP contribution is 2.21. The molecule has 4 heteroatoms. The van der Waals surface area contributed by atoms with Gasteiger partial charge in [0.15, 0.2) is 0 Å². The Morgan fingerprint density at radius 1 is 1.37 bits per heavy atom. The van der Waals surface area contributed by atoms with Crippen LogP contribution in [0.25, 0.3) is 0 Å². The molecule has 1 fully saturated rings. The van der Waals surface area contributed by atoms with Crippen LogP contribution < -0.4 is 5.32 Å². The normalized spacial score (nSPS) is 28.5. The molecule has 0 aromatic carbocycles. The van der Waals surface area contributed by atoms with E-state index in [2.05, 4.69) is 31.3 Å². The molecular weight excluding hydrogens is 240 g/mol. The van der Waals surface area contributed by atoms with Crippen molar-refractivity contribution in [2.24, 2.45) is 5.92 Å². The molecule has 19 heavy (non-hydrogen) atoms. The number of allylic oxidation sites excluding steroid dienone is 1. The first kappa shape index (κ1) is 14.1. The summed E-state index contributed by atoms with van der Waals surface area (Å²) < 4.78 is 0. The number of hydrogen-bond acceptors (Lipinski definition) is 2. The third-order valence-electron chi connectivity index (χ3n) is 3.89. The van der Waals surface area contributed by atoms with E-state index >= 15 is 0 Å². The Kier molecular flexibility index (Phi) is 4.61. The van der Waals surface area contributed by atoms with Gasteiger partial charge in [-0.25, -0.2) is 0 Å². The molecule has 1 aliphatic carbocycles. The molecule has 1 aliphatic heterocycles. The molecule has 1 N–H and O–H groups in total. The Morgan fingerprint density at radius 2 is 2.16 bits per heavy atom. The molecule has 4 nitrogen and oxygen atoms in total. The van der Waals surface area contributed by atoms with Crippen LogP contribution in [0, 0.1) is 5.92 Å². The van der Waals surface area contributed by atoms with Gasteiger partial charge in [-0.3, -0.25) is 9.59 Å². The van der Waals surface area contributed by atoms with Crippen molar-refractivity contribution in [1.29, 1.82) is 0 Å². The molecule has 2 atom stereocenters. The van der Waals surface area contributed by atoms with Crippen LogP contribution in [0.3, 0.4) is 0 Å². The molecule has 2 rings (SSSR count). The van der Waals surface area contributed by atoms with Crippen molar-refractivity contribution >= 4 is 11.8 Å². The Hall–Kier alpha value is -1.32. The molecule has 0 bridgehead atoms. The number of hydrogen-bond donors (Lipinski definition) is 1. The number of carbonyl (C=O) groups excluding carboxylic acids is 2. The lowest BCUT2D eigenvalue weighted by Gasteiger charge is -2.33. The van der Waals surface area contributed by atoms with Crippen LogP contribution in [-0.2, 0) is 9.59 Å². The highest BCUT2D eigenvalue weighted by Gasteiger charge is 2.33. The highest BCUT2D eigenvalue weighted by molar-refractivity contribution is 5.90. The zero-order valence-corrected chi connectivity index (χ0v) is 11.9. The minimum atomic E-state index is -0.332. The van der Waals surface area contributed by atoms with Crippen molar-refractivity contribution in [3.8, 4) is 0 Å². The fraction of sp³-hybridized carbons (Fsp3) is 0.733. The zero-order valence-electron chi connectivity index (χ0n) is 11.9. The standard InChI is InChI=1S/C15H24N2O2/c1-11(2)10-13-15(19)17(9-8-14(18)16-13)12-6-4-3-5-7-12/h3-4,11-13H,5-10H2,1-2H3,(H,16,18). The summed E-state index contributed by atoms with van der Waals surface area (Å²) in [5.41, 5.74) is 0. The topological polar surface area (TPSA) is 49.4 Å². The molecule has 1 saturated heterocycles. The maximum Gasteiger partial charge on any atom is 0.245 e. The minimum Gasteiger partial charge on any atom is -0.344 e. The van der Waals surface area contributed by atoms with Crippen LogP contribution in [0.15, 0.2) is 12.2 Å². The molecule has 0 saturated carbocycles. The van der Waals surface area contributed by atoms with Gasteiger partial charge in [0.2, 0.25) is 11.8 Å². The van der Waals surface area contributed by atoms with Gasteiger partial charge in [-0.05, 0) is 31.6 Å². The smallest absolute Gasteiger partial charge is 0.245 e. The summed E-state index contributed by atoms with van der Waals surface area (Å²) in [6.45, 7) is 4.73.